The Morgan fingerprint density at radius 1 is 0.976 bits per heavy atom. The third kappa shape index (κ3) is 5.96. The molecule has 202 valence electrons. The van der Waals surface area contributed by atoms with Crippen LogP contribution in [0.5, 0.6) is 11.8 Å². The van der Waals surface area contributed by atoms with Crippen molar-refractivity contribution in [2.75, 3.05) is 6.61 Å². The van der Waals surface area contributed by atoms with Gasteiger partial charge in [0.15, 0.2) is 11.9 Å². The molecule has 0 N–H and O–H groups in total. The van der Waals surface area contributed by atoms with Gasteiger partial charge >= 0.3 is 51.4 Å². The Balaban J connectivity index is 0.00000337. The van der Waals surface area contributed by atoms with Crippen molar-refractivity contribution in [2.45, 2.75) is 46.0 Å². The first kappa shape index (κ1) is 29.4. The molecule has 0 aliphatic carbocycles. The predicted molar refractivity (Wildman–Crippen MR) is 150 cm³/mol. The van der Waals surface area contributed by atoms with Crippen LogP contribution in [-0.2, 0) is 25.7 Å². The quantitative estimate of drug-likeness (QED) is 0.262. The van der Waals surface area contributed by atoms with Crippen LogP contribution in [0.15, 0.2) is 76.0 Å². The minimum atomic E-state index is -0.718. The molecule has 5 aromatic rings. The zero-order valence-corrected chi connectivity index (χ0v) is 26.6. The first-order chi connectivity index (χ1) is 19.6. The summed E-state index contributed by atoms with van der Waals surface area (Å²) in [6, 6.07) is 21.6. The Labute approximate surface area is 280 Å². The molecule has 9 heteroatoms. The van der Waals surface area contributed by atoms with E-state index in [0.29, 0.717) is 25.0 Å². The maximum absolute atomic E-state index is 14.1. The fraction of sp³-hybridized carbons (Fsp3) is 0.250. The molecule has 0 amide bonds. The number of aromatic nitrogens is 4. The number of rotatable bonds is 8. The number of hydrogen-bond acceptors (Lipinski definition) is 7. The number of fused-ring (bicyclic) bond motifs is 1. The van der Waals surface area contributed by atoms with Crippen LogP contribution >= 0.6 is 0 Å². The van der Waals surface area contributed by atoms with Crippen molar-refractivity contribution in [3.63, 3.8) is 0 Å². The van der Waals surface area contributed by atoms with Gasteiger partial charge in [-0.05, 0) is 46.9 Å². The molecule has 0 fully saturated rings. The van der Waals surface area contributed by atoms with Crippen molar-refractivity contribution in [3.05, 3.63) is 105 Å². The second-order valence-corrected chi connectivity index (χ2v) is 9.89. The van der Waals surface area contributed by atoms with E-state index in [-0.39, 0.29) is 62.8 Å². The zero-order valence-electron chi connectivity index (χ0n) is 23.5. The summed E-state index contributed by atoms with van der Waals surface area (Å²) in [4.78, 5) is 22.9. The fourth-order valence-electron chi connectivity index (χ4n) is 5.34. The Hall–Kier alpha value is -3.08. The molecule has 0 saturated carbocycles. The molecule has 8 nitrogen and oxygen atoms in total. The number of nitrogens with zero attached hydrogens (tertiary/aromatic N) is 4. The van der Waals surface area contributed by atoms with Crippen LogP contribution in [0, 0.1) is 0 Å². The second kappa shape index (κ2) is 12.8. The largest absolute Gasteiger partial charge is 1.00 e. The topological polar surface area (TPSA) is 106 Å². The number of hydrogen-bond donors (Lipinski definition) is 0. The molecule has 2 aromatic heterocycles. The van der Waals surface area contributed by atoms with E-state index in [2.05, 4.69) is 27.7 Å². The Morgan fingerprint density at radius 2 is 1.76 bits per heavy atom. The van der Waals surface area contributed by atoms with E-state index in [9.17, 15) is 9.90 Å². The van der Waals surface area contributed by atoms with Crippen LogP contribution in [0.1, 0.15) is 48.5 Å². The van der Waals surface area contributed by atoms with E-state index in [1.54, 1.807) is 4.57 Å². The van der Waals surface area contributed by atoms with Gasteiger partial charge in [0.05, 0.1) is 18.0 Å². The van der Waals surface area contributed by atoms with Gasteiger partial charge in [-0.15, -0.1) is 0 Å². The van der Waals surface area contributed by atoms with E-state index in [4.69, 9.17) is 9.72 Å². The first-order valence-electron chi connectivity index (χ1n) is 13.6. The SMILES string of the molecule is CCCc1nc(CC)n(-c2ccc3c(c2)CCO3)c(=O)c1Cc1ccc(-c2ccccc2-c2noc([O-])n2)cc1.[K+]. The van der Waals surface area contributed by atoms with Gasteiger partial charge in [0.25, 0.3) is 5.56 Å². The second-order valence-electron chi connectivity index (χ2n) is 9.89. The molecule has 0 spiro atoms. The minimum Gasteiger partial charge on any atom is -0.528 e. The van der Waals surface area contributed by atoms with Gasteiger partial charge in [-0.1, -0.05) is 68.8 Å². The van der Waals surface area contributed by atoms with Gasteiger partial charge in [0.2, 0.25) is 0 Å². The fourth-order valence-corrected chi connectivity index (χ4v) is 5.34. The normalized spacial score (nSPS) is 12.0. The van der Waals surface area contributed by atoms with Crippen LogP contribution in [0.25, 0.3) is 28.2 Å². The zero-order chi connectivity index (χ0) is 27.6. The summed E-state index contributed by atoms with van der Waals surface area (Å²) >= 11 is 0. The Bertz CT molecular complexity index is 1740. The van der Waals surface area contributed by atoms with E-state index in [1.807, 2.05) is 67.6 Å². The van der Waals surface area contributed by atoms with Crippen molar-refractivity contribution in [2.24, 2.45) is 0 Å². The Kier molecular flexibility index (Phi) is 9.21. The van der Waals surface area contributed by atoms with Crippen LogP contribution < -0.4 is 66.8 Å². The molecule has 3 heterocycles. The molecule has 41 heavy (non-hydrogen) atoms. The van der Waals surface area contributed by atoms with Crippen molar-refractivity contribution >= 4 is 0 Å². The average molecular weight is 573 g/mol. The van der Waals surface area contributed by atoms with Gasteiger partial charge in [0, 0.05) is 30.4 Å². The van der Waals surface area contributed by atoms with E-state index < -0.39 is 6.08 Å². The molecular formula is C32H29KN4O4. The smallest absolute Gasteiger partial charge is 0.528 e. The number of benzene rings is 3. The molecule has 1 aliphatic rings. The number of aryl methyl sites for hydroxylation is 2. The maximum atomic E-state index is 14.1. The summed E-state index contributed by atoms with van der Waals surface area (Å²) in [6.45, 7) is 4.81. The molecule has 0 atom stereocenters. The molecule has 6 rings (SSSR count). The van der Waals surface area contributed by atoms with Crippen molar-refractivity contribution in [1.29, 1.82) is 0 Å². The van der Waals surface area contributed by atoms with E-state index >= 15 is 0 Å². The van der Waals surface area contributed by atoms with Crippen LogP contribution in [0.4, 0.5) is 0 Å². The van der Waals surface area contributed by atoms with Gasteiger partial charge in [0.1, 0.15) is 11.6 Å². The average Bonchev–Trinajstić information content (AvgIpc) is 3.63. The molecule has 0 saturated heterocycles. The first-order valence-corrected chi connectivity index (χ1v) is 13.6. The summed E-state index contributed by atoms with van der Waals surface area (Å²) in [5.74, 6) is 1.92. The maximum Gasteiger partial charge on any atom is 1.00 e. The Morgan fingerprint density at radius 3 is 2.46 bits per heavy atom. The molecule has 0 radical (unpaired) electrons. The van der Waals surface area contributed by atoms with Crippen molar-refractivity contribution in [1.82, 2.24) is 19.7 Å². The number of ether oxygens (including phenoxy) is 1. The standard InChI is InChI=1S/C32H30N4O4.K/c1-3-7-27-26(31(37)36(29(4-2)33-27)23-14-15-28-22(19-23)16-17-39-28)18-20-10-12-21(13-11-20)24-8-5-6-9-25(24)30-34-32(38)40-35-30;/h5-6,8-15,19H,3-4,7,16-18H2,1-2H3,(H,34,35,38);/q;+1/p-1. The summed E-state index contributed by atoms with van der Waals surface area (Å²) in [7, 11) is 0. The van der Waals surface area contributed by atoms with Crippen LogP contribution in [-0.4, -0.2) is 26.3 Å². The summed E-state index contributed by atoms with van der Waals surface area (Å²) < 4.78 is 12.1. The molecule has 0 bridgehead atoms. The molecule has 1 aliphatic heterocycles. The molecular weight excluding hydrogens is 543 g/mol. The molecule has 3 aromatic carbocycles. The third-order valence-electron chi connectivity index (χ3n) is 7.29. The molecule has 0 unspecified atom stereocenters. The predicted octanol–water partition coefficient (Wildman–Crippen LogP) is 2.07. The van der Waals surface area contributed by atoms with E-state index in [1.165, 1.54) is 0 Å². The van der Waals surface area contributed by atoms with Crippen molar-refractivity contribution in [3.8, 4) is 40.0 Å². The van der Waals surface area contributed by atoms with E-state index in [0.717, 1.165) is 70.0 Å². The van der Waals surface area contributed by atoms with Crippen molar-refractivity contribution < 1.29 is 65.8 Å². The summed E-state index contributed by atoms with van der Waals surface area (Å²) in [5, 5.41) is 15.3. The summed E-state index contributed by atoms with van der Waals surface area (Å²) in [5.41, 5.74) is 7.08. The van der Waals surface area contributed by atoms with Gasteiger partial charge in [-0.2, -0.15) is 5.16 Å². The van der Waals surface area contributed by atoms with Crippen LogP contribution in [0.3, 0.4) is 0 Å². The third-order valence-corrected chi connectivity index (χ3v) is 7.29. The van der Waals surface area contributed by atoms with Crippen LogP contribution in [0.2, 0.25) is 0 Å². The summed E-state index contributed by atoms with van der Waals surface area (Å²) in [6.07, 6.45) is 2.90. The van der Waals surface area contributed by atoms with Gasteiger partial charge in [-0.3, -0.25) is 9.36 Å². The van der Waals surface area contributed by atoms with Gasteiger partial charge in [-0.25, -0.2) is 9.97 Å². The minimum absolute atomic E-state index is 0. The monoisotopic (exact) mass is 572 g/mol. The van der Waals surface area contributed by atoms with Gasteiger partial charge < -0.3 is 14.4 Å².